The molecule has 3 aromatic carbocycles. The van der Waals surface area contributed by atoms with Crippen molar-refractivity contribution in [2.45, 2.75) is 36.1 Å². The minimum absolute atomic E-state index is 0.0434. The van der Waals surface area contributed by atoms with Crippen molar-refractivity contribution >= 4 is 40.9 Å². The fourth-order valence-electron chi connectivity index (χ4n) is 3.72. The molecule has 4 rings (SSSR count). The van der Waals surface area contributed by atoms with Gasteiger partial charge >= 0.3 is 0 Å². The normalized spacial score (nSPS) is 12.7. The van der Waals surface area contributed by atoms with Crippen LogP contribution in [0.15, 0.2) is 76.5 Å². The average molecular weight is 465 g/mol. The van der Waals surface area contributed by atoms with Crippen LogP contribution in [0.4, 0.5) is 5.69 Å². The Hall–Kier alpha value is -2.76. The smallest absolute Gasteiger partial charge is 0.259 e. The Morgan fingerprint density at radius 3 is 2.56 bits per heavy atom. The molecular weight excluding hydrogens is 440 g/mol. The zero-order chi connectivity index (χ0) is 22.7. The van der Waals surface area contributed by atoms with E-state index in [2.05, 4.69) is 6.92 Å². The summed E-state index contributed by atoms with van der Waals surface area (Å²) in [5.74, 6) is -0.145. The summed E-state index contributed by atoms with van der Waals surface area (Å²) in [6.45, 7) is 3.13. The number of carbonyl (C=O) groups excluding carboxylic acids is 2. The van der Waals surface area contributed by atoms with Crippen molar-refractivity contribution in [3.8, 4) is 0 Å². The number of fused-ring (bicyclic) bond motifs is 2. The van der Waals surface area contributed by atoms with E-state index in [4.69, 9.17) is 11.6 Å². The van der Waals surface area contributed by atoms with E-state index in [0.29, 0.717) is 29.2 Å². The molecular formula is C26H25ClN2O2S. The van der Waals surface area contributed by atoms with Crippen LogP contribution in [0.2, 0.25) is 5.02 Å². The van der Waals surface area contributed by atoms with E-state index in [1.807, 2.05) is 73.8 Å². The van der Waals surface area contributed by atoms with Gasteiger partial charge in [-0.1, -0.05) is 67.0 Å². The Labute approximate surface area is 198 Å². The number of amides is 2. The zero-order valence-electron chi connectivity index (χ0n) is 18.2. The fraction of sp³-hybridized carbons (Fsp3) is 0.231. The lowest BCUT2D eigenvalue weighted by molar-refractivity contribution is 0.0792. The highest BCUT2D eigenvalue weighted by Gasteiger charge is 2.29. The van der Waals surface area contributed by atoms with Crippen molar-refractivity contribution in [2.75, 3.05) is 18.5 Å². The molecule has 2 amide bonds. The van der Waals surface area contributed by atoms with E-state index in [1.54, 1.807) is 21.6 Å². The maximum absolute atomic E-state index is 13.6. The fourth-order valence-corrected chi connectivity index (χ4v) is 4.98. The zero-order valence-corrected chi connectivity index (χ0v) is 19.7. The monoisotopic (exact) mass is 464 g/mol. The third-order valence-electron chi connectivity index (χ3n) is 5.56. The number of benzene rings is 3. The number of unbranched alkanes of at least 4 members (excludes halogenated alkanes) is 1. The third kappa shape index (κ3) is 4.54. The van der Waals surface area contributed by atoms with Crippen molar-refractivity contribution in [1.29, 1.82) is 0 Å². The molecule has 4 nitrogen and oxygen atoms in total. The Morgan fingerprint density at radius 1 is 1.03 bits per heavy atom. The van der Waals surface area contributed by atoms with E-state index in [-0.39, 0.29) is 11.8 Å². The Balaban J connectivity index is 1.78. The number of nitrogens with zero attached hydrogens (tertiary/aromatic N) is 2. The molecule has 0 fully saturated rings. The highest BCUT2D eigenvalue weighted by molar-refractivity contribution is 7.99. The first kappa shape index (κ1) is 22.4. The number of rotatable bonds is 6. The Morgan fingerprint density at radius 2 is 1.78 bits per heavy atom. The van der Waals surface area contributed by atoms with Crippen molar-refractivity contribution in [3.63, 3.8) is 0 Å². The highest BCUT2D eigenvalue weighted by atomic mass is 35.5. The molecule has 0 radical (unpaired) electrons. The van der Waals surface area contributed by atoms with E-state index in [0.717, 1.165) is 33.9 Å². The van der Waals surface area contributed by atoms with Crippen LogP contribution >= 0.6 is 23.4 Å². The summed E-state index contributed by atoms with van der Waals surface area (Å²) in [4.78, 5) is 32.0. The van der Waals surface area contributed by atoms with Gasteiger partial charge in [-0.3, -0.25) is 9.59 Å². The van der Waals surface area contributed by atoms with Crippen LogP contribution in [-0.4, -0.2) is 30.3 Å². The van der Waals surface area contributed by atoms with Gasteiger partial charge in [0.1, 0.15) is 0 Å². The number of carbonyl (C=O) groups is 2. The van der Waals surface area contributed by atoms with Gasteiger partial charge in [0.25, 0.3) is 11.8 Å². The van der Waals surface area contributed by atoms with Gasteiger partial charge in [-0.05, 0) is 48.4 Å². The summed E-state index contributed by atoms with van der Waals surface area (Å²) in [5, 5.41) is 0.610. The first-order valence-electron chi connectivity index (χ1n) is 10.7. The summed E-state index contributed by atoms with van der Waals surface area (Å²) in [6, 6.07) is 20.8. The number of hydrogen-bond acceptors (Lipinski definition) is 3. The predicted molar refractivity (Wildman–Crippen MR) is 131 cm³/mol. The molecule has 0 N–H and O–H groups in total. The molecule has 0 saturated carbocycles. The lowest BCUT2D eigenvalue weighted by atomic mass is 10.1. The molecule has 0 aliphatic carbocycles. The molecule has 0 aromatic heterocycles. The molecule has 1 aliphatic rings. The summed E-state index contributed by atoms with van der Waals surface area (Å²) in [6.07, 6.45) is 1.98. The van der Waals surface area contributed by atoms with Gasteiger partial charge in [-0.15, -0.1) is 0 Å². The van der Waals surface area contributed by atoms with Gasteiger partial charge in [0, 0.05) is 34.0 Å². The standard InChI is InChI=1S/C26H25ClN2O2S/c1-3-4-15-28(2)25(30)18-13-14-24-22(16-18)29(17-19-9-5-7-11-21(19)27)26(31)20-10-6-8-12-23(20)32-24/h5-14,16H,3-4,15,17H2,1-2H3. The van der Waals surface area contributed by atoms with Crippen LogP contribution in [-0.2, 0) is 6.54 Å². The molecule has 3 aromatic rings. The lowest BCUT2D eigenvalue weighted by Crippen LogP contribution is -2.31. The molecule has 32 heavy (non-hydrogen) atoms. The number of halogens is 1. The van der Waals surface area contributed by atoms with Crippen LogP contribution in [0, 0.1) is 0 Å². The quantitative estimate of drug-likeness (QED) is 0.416. The van der Waals surface area contributed by atoms with E-state index in [9.17, 15) is 9.59 Å². The minimum atomic E-state index is -0.101. The first-order chi connectivity index (χ1) is 15.5. The lowest BCUT2D eigenvalue weighted by Gasteiger charge is -2.25. The third-order valence-corrected chi connectivity index (χ3v) is 7.07. The van der Waals surface area contributed by atoms with Crippen LogP contribution in [0.1, 0.15) is 46.0 Å². The average Bonchev–Trinajstić information content (AvgIpc) is 2.92. The van der Waals surface area contributed by atoms with E-state index >= 15 is 0 Å². The largest absolute Gasteiger partial charge is 0.342 e. The van der Waals surface area contributed by atoms with Crippen molar-refractivity contribution in [3.05, 3.63) is 88.4 Å². The van der Waals surface area contributed by atoms with Gasteiger partial charge in [-0.2, -0.15) is 0 Å². The summed E-state index contributed by atoms with van der Waals surface area (Å²) in [5.41, 5.74) is 2.81. The van der Waals surface area contributed by atoms with Crippen molar-refractivity contribution in [2.24, 2.45) is 0 Å². The first-order valence-corrected chi connectivity index (χ1v) is 11.9. The van der Waals surface area contributed by atoms with E-state index in [1.165, 1.54) is 0 Å². The second kappa shape index (κ2) is 9.80. The molecule has 0 bridgehead atoms. The molecule has 6 heteroatoms. The van der Waals surface area contributed by atoms with Crippen LogP contribution in [0.25, 0.3) is 0 Å². The SMILES string of the molecule is CCCCN(C)C(=O)c1ccc2c(c1)N(Cc1ccccc1Cl)C(=O)c1ccccc1S2. The molecule has 1 aliphatic heterocycles. The van der Waals surface area contributed by atoms with E-state index < -0.39 is 0 Å². The van der Waals surface area contributed by atoms with Gasteiger partial charge in [0.05, 0.1) is 17.8 Å². The van der Waals surface area contributed by atoms with Gasteiger partial charge in [0.2, 0.25) is 0 Å². The molecule has 164 valence electrons. The number of anilines is 1. The van der Waals surface area contributed by atoms with Crippen LogP contribution in [0.3, 0.4) is 0 Å². The van der Waals surface area contributed by atoms with Crippen molar-refractivity contribution in [1.82, 2.24) is 4.90 Å². The number of hydrogen-bond donors (Lipinski definition) is 0. The van der Waals surface area contributed by atoms with Crippen molar-refractivity contribution < 1.29 is 9.59 Å². The maximum Gasteiger partial charge on any atom is 0.259 e. The maximum atomic E-state index is 13.6. The van der Waals surface area contributed by atoms with Gasteiger partial charge in [-0.25, -0.2) is 0 Å². The minimum Gasteiger partial charge on any atom is -0.342 e. The second-order valence-corrected chi connectivity index (χ2v) is 9.33. The molecule has 0 atom stereocenters. The highest BCUT2D eigenvalue weighted by Crippen LogP contribution is 2.42. The molecule has 1 heterocycles. The van der Waals surface area contributed by atoms with Gasteiger partial charge < -0.3 is 9.80 Å². The second-order valence-electron chi connectivity index (χ2n) is 7.84. The van der Waals surface area contributed by atoms with Crippen LogP contribution in [0.5, 0.6) is 0 Å². The topological polar surface area (TPSA) is 40.6 Å². The molecule has 0 spiro atoms. The predicted octanol–water partition coefficient (Wildman–Crippen LogP) is 6.52. The summed E-state index contributed by atoms with van der Waals surface area (Å²) >= 11 is 7.98. The summed E-state index contributed by atoms with van der Waals surface area (Å²) in [7, 11) is 1.82. The molecule has 0 unspecified atom stereocenters. The summed E-state index contributed by atoms with van der Waals surface area (Å²) < 4.78 is 0. The van der Waals surface area contributed by atoms with Crippen LogP contribution < -0.4 is 4.90 Å². The Kier molecular flexibility index (Phi) is 6.87. The molecule has 0 saturated heterocycles. The Bertz CT molecular complexity index is 1160. The van der Waals surface area contributed by atoms with Gasteiger partial charge in [0.15, 0.2) is 0 Å².